The quantitative estimate of drug-likeness (QED) is 0.188. The second-order valence-electron chi connectivity index (χ2n) is 9.65. The van der Waals surface area contributed by atoms with E-state index < -0.39 is 11.8 Å². The predicted molar refractivity (Wildman–Crippen MR) is 153 cm³/mol. The Kier molecular flexibility index (Phi) is 5.07. The van der Waals surface area contributed by atoms with Gasteiger partial charge in [0, 0.05) is 40.2 Å². The van der Waals surface area contributed by atoms with Crippen LogP contribution in [0.3, 0.4) is 0 Å². The molecule has 1 aromatic heterocycles. The first-order chi connectivity index (χ1) is 19.1. The molecule has 39 heavy (non-hydrogen) atoms. The number of hydrogen-bond acceptors (Lipinski definition) is 3. The fraction of sp³-hybridized carbons (Fsp3) is 0.0294. The van der Waals surface area contributed by atoms with Gasteiger partial charge in [0.15, 0.2) is 6.29 Å². The highest BCUT2D eigenvalue weighted by molar-refractivity contribution is 6.35. The summed E-state index contributed by atoms with van der Waals surface area (Å²) in [6.45, 7) is 0. The number of amides is 2. The van der Waals surface area contributed by atoms with E-state index in [9.17, 15) is 14.4 Å². The van der Waals surface area contributed by atoms with Gasteiger partial charge in [0.1, 0.15) is 0 Å². The molecule has 186 valence electrons. The summed E-state index contributed by atoms with van der Waals surface area (Å²) in [4.78, 5) is 41.0. The number of carbonyl (C=O) groups excluding carboxylic acids is 3. The third-order valence-corrected chi connectivity index (χ3v) is 7.58. The van der Waals surface area contributed by atoms with Crippen molar-refractivity contribution in [3.63, 3.8) is 0 Å². The van der Waals surface area contributed by atoms with Crippen LogP contribution in [0.15, 0.2) is 109 Å². The molecule has 0 saturated carbocycles. The van der Waals surface area contributed by atoms with Gasteiger partial charge in [-0.05, 0) is 23.3 Å². The van der Waals surface area contributed by atoms with Crippen LogP contribution in [-0.4, -0.2) is 34.6 Å². The maximum absolute atomic E-state index is 13.7. The number of para-hydroxylation sites is 2. The third kappa shape index (κ3) is 3.17. The molecule has 5 heteroatoms. The summed E-state index contributed by atoms with van der Waals surface area (Å²) in [6.07, 6.45) is 0.718. The van der Waals surface area contributed by atoms with Gasteiger partial charge in [-0.3, -0.25) is 19.3 Å². The SMILES string of the molecule is CN1C(=O)c2c(C=O)c(-c3ccccc3)c3c(c2C1=O)c1cccc(-c2ccccc2)c1n3-c1ccccc1. The molecule has 0 atom stereocenters. The standard InChI is InChI=1S/C34H22N2O3/c1-35-33(38)29-26(20-37)27(22-14-7-3-8-15-22)32-28(30(29)34(35)39)25-19-11-18-24(21-12-5-2-6-13-21)31(25)36(32)23-16-9-4-10-17-23/h2-20H,1H3. The van der Waals surface area contributed by atoms with Crippen LogP contribution in [0, 0.1) is 0 Å². The molecule has 1 aliphatic heterocycles. The van der Waals surface area contributed by atoms with Gasteiger partial charge in [-0.2, -0.15) is 0 Å². The highest BCUT2D eigenvalue weighted by Gasteiger charge is 2.40. The number of hydrogen-bond donors (Lipinski definition) is 0. The highest BCUT2D eigenvalue weighted by Crippen LogP contribution is 2.47. The first kappa shape index (κ1) is 22.9. The Balaban J connectivity index is 1.82. The first-order valence-corrected chi connectivity index (χ1v) is 12.7. The summed E-state index contributed by atoms with van der Waals surface area (Å²) >= 11 is 0. The number of rotatable bonds is 4. The van der Waals surface area contributed by atoms with Crippen LogP contribution in [0.1, 0.15) is 31.1 Å². The number of carbonyl (C=O) groups is 3. The summed E-state index contributed by atoms with van der Waals surface area (Å²) in [5.74, 6) is -0.865. The van der Waals surface area contributed by atoms with Crippen molar-refractivity contribution in [1.82, 2.24) is 9.47 Å². The van der Waals surface area contributed by atoms with Gasteiger partial charge >= 0.3 is 0 Å². The number of aromatic nitrogens is 1. The van der Waals surface area contributed by atoms with Crippen LogP contribution in [0.4, 0.5) is 0 Å². The Labute approximate surface area is 224 Å². The van der Waals surface area contributed by atoms with Crippen LogP contribution in [-0.2, 0) is 0 Å². The molecule has 0 radical (unpaired) electrons. The monoisotopic (exact) mass is 506 g/mol. The van der Waals surface area contributed by atoms with Crippen molar-refractivity contribution in [2.24, 2.45) is 0 Å². The Morgan fingerprint density at radius 3 is 1.82 bits per heavy atom. The van der Waals surface area contributed by atoms with E-state index >= 15 is 0 Å². The zero-order valence-corrected chi connectivity index (χ0v) is 21.1. The van der Waals surface area contributed by atoms with Gasteiger partial charge in [0.05, 0.1) is 22.2 Å². The molecule has 0 unspecified atom stereocenters. The molecular formula is C34H22N2O3. The average molecular weight is 507 g/mol. The van der Waals surface area contributed by atoms with Gasteiger partial charge in [0.25, 0.3) is 11.8 Å². The lowest BCUT2D eigenvalue weighted by Crippen LogP contribution is -2.24. The van der Waals surface area contributed by atoms with Gasteiger partial charge in [-0.25, -0.2) is 0 Å². The molecule has 0 spiro atoms. The second kappa shape index (κ2) is 8.64. The van der Waals surface area contributed by atoms with E-state index in [4.69, 9.17) is 0 Å². The van der Waals surface area contributed by atoms with E-state index in [1.54, 1.807) is 0 Å². The fourth-order valence-electron chi connectivity index (χ4n) is 5.90. The van der Waals surface area contributed by atoms with Crippen molar-refractivity contribution in [1.29, 1.82) is 0 Å². The highest BCUT2D eigenvalue weighted by atomic mass is 16.2. The van der Waals surface area contributed by atoms with Crippen molar-refractivity contribution >= 4 is 39.9 Å². The number of imide groups is 1. The van der Waals surface area contributed by atoms with Crippen molar-refractivity contribution in [2.45, 2.75) is 0 Å². The number of fused-ring (bicyclic) bond motifs is 5. The molecule has 2 heterocycles. The summed E-state index contributed by atoms with van der Waals surface area (Å²) in [7, 11) is 1.47. The minimum atomic E-state index is -0.462. The molecule has 5 nitrogen and oxygen atoms in total. The lowest BCUT2D eigenvalue weighted by atomic mass is 9.89. The maximum Gasteiger partial charge on any atom is 0.262 e. The van der Waals surface area contributed by atoms with Crippen LogP contribution >= 0.6 is 0 Å². The molecule has 7 rings (SSSR count). The smallest absolute Gasteiger partial charge is 0.262 e. The predicted octanol–water partition coefficient (Wildman–Crippen LogP) is 7.16. The van der Waals surface area contributed by atoms with Crippen LogP contribution in [0.5, 0.6) is 0 Å². The van der Waals surface area contributed by atoms with Gasteiger partial charge in [-0.15, -0.1) is 0 Å². The molecule has 1 aliphatic rings. The van der Waals surface area contributed by atoms with Crippen LogP contribution < -0.4 is 0 Å². The summed E-state index contributed by atoms with van der Waals surface area (Å²) < 4.78 is 2.14. The van der Waals surface area contributed by atoms with E-state index in [0.29, 0.717) is 10.9 Å². The topological polar surface area (TPSA) is 59.4 Å². The maximum atomic E-state index is 13.7. The van der Waals surface area contributed by atoms with Crippen LogP contribution in [0.2, 0.25) is 0 Å². The van der Waals surface area contributed by atoms with E-state index in [0.717, 1.165) is 50.0 Å². The Morgan fingerprint density at radius 2 is 1.18 bits per heavy atom. The fourth-order valence-corrected chi connectivity index (χ4v) is 5.90. The number of benzene rings is 5. The molecule has 2 amide bonds. The van der Waals surface area contributed by atoms with Crippen LogP contribution in [0.25, 0.3) is 49.7 Å². The minimum absolute atomic E-state index is 0.168. The van der Waals surface area contributed by atoms with Gasteiger partial charge in [0.2, 0.25) is 0 Å². The molecule has 0 aliphatic carbocycles. The second-order valence-corrected chi connectivity index (χ2v) is 9.65. The Morgan fingerprint density at radius 1 is 0.590 bits per heavy atom. The van der Waals surface area contributed by atoms with E-state index in [-0.39, 0.29) is 16.7 Å². The van der Waals surface area contributed by atoms with Gasteiger partial charge < -0.3 is 4.57 Å². The third-order valence-electron chi connectivity index (χ3n) is 7.58. The molecule has 0 fully saturated rings. The molecule has 0 saturated heterocycles. The van der Waals surface area contributed by atoms with Crippen molar-refractivity contribution in [2.75, 3.05) is 7.05 Å². The molecule has 0 bridgehead atoms. The number of nitrogens with zero attached hydrogens (tertiary/aromatic N) is 2. The Bertz CT molecular complexity index is 1960. The molecular weight excluding hydrogens is 484 g/mol. The molecule has 0 N–H and O–H groups in total. The minimum Gasteiger partial charge on any atom is -0.308 e. The number of aldehydes is 1. The zero-order valence-electron chi connectivity index (χ0n) is 21.1. The van der Waals surface area contributed by atoms with E-state index in [1.807, 2.05) is 91.0 Å². The molecule has 6 aromatic rings. The Hall–Kier alpha value is -5.29. The largest absolute Gasteiger partial charge is 0.308 e. The lowest BCUT2D eigenvalue weighted by molar-refractivity contribution is 0.0692. The normalized spacial score (nSPS) is 12.9. The average Bonchev–Trinajstić information content (AvgIpc) is 3.45. The van der Waals surface area contributed by atoms with Crippen molar-refractivity contribution in [3.05, 3.63) is 126 Å². The summed E-state index contributed by atoms with van der Waals surface area (Å²) in [5, 5.41) is 1.52. The first-order valence-electron chi connectivity index (χ1n) is 12.7. The van der Waals surface area contributed by atoms with E-state index in [2.05, 4.69) is 22.8 Å². The summed E-state index contributed by atoms with van der Waals surface area (Å²) in [5.41, 5.74) is 6.64. The van der Waals surface area contributed by atoms with E-state index in [1.165, 1.54) is 7.05 Å². The zero-order chi connectivity index (χ0) is 26.7. The van der Waals surface area contributed by atoms with Crippen molar-refractivity contribution in [3.8, 4) is 27.9 Å². The van der Waals surface area contributed by atoms with Crippen molar-refractivity contribution < 1.29 is 14.4 Å². The molecule has 5 aromatic carbocycles. The summed E-state index contributed by atoms with van der Waals surface area (Å²) in [6, 6.07) is 35.7. The van der Waals surface area contributed by atoms with Gasteiger partial charge in [-0.1, -0.05) is 97.1 Å². The lowest BCUT2D eigenvalue weighted by Gasteiger charge is -2.16.